The molecule has 1 N–H and O–H groups in total. The van der Waals surface area contributed by atoms with Crippen LogP contribution >= 0.6 is 24.0 Å². The fourth-order valence-electron chi connectivity index (χ4n) is 4.62. The minimum Gasteiger partial charge on any atom is -0.378 e. The van der Waals surface area contributed by atoms with Crippen LogP contribution in [0, 0.1) is 0 Å². The molecule has 1 aromatic rings. The summed E-state index contributed by atoms with van der Waals surface area (Å²) in [7, 11) is 0. The van der Waals surface area contributed by atoms with Crippen LogP contribution in [0.1, 0.15) is 44.6 Å². The summed E-state index contributed by atoms with van der Waals surface area (Å²) in [5, 5.41) is 3.48. The number of morpholine rings is 1. The number of likely N-dealkylation sites (tertiary alicyclic amines) is 1. The van der Waals surface area contributed by atoms with Crippen molar-refractivity contribution >= 4 is 35.8 Å². The number of ether oxygens (including phenoxy) is 3. The highest BCUT2D eigenvalue weighted by Crippen LogP contribution is 2.21. The van der Waals surface area contributed by atoms with Gasteiger partial charge in [-0.05, 0) is 45.1 Å². The second kappa shape index (κ2) is 14.3. The zero-order chi connectivity index (χ0) is 22.0. The number of guanidine groups is 1. The van der Waals surface area contributed by atoms with Crippen LogP contribution in [0.4, 0.5) is 5.82 Å². The molecule has 0 radical (unpaired) electrons. The fourth-order valence-corrected chi connectivity index (χ4v) is 4.62. The minimum atomic E-state index is 0. The number of aromatic nitrogens is 1. The Morgan fingerprint density at radius 3 is 2.70 bits per heavy atom. The second-order valence-corrected chi connectivity index (χ2v) is 8.76. The van der Waals surface area contributed by atoms with Crippen molar-refractivity contribution in [2.75, 3.05) is 64.1 Å². The number of rotatable bonds is 7. The second-order valence-electron chi connectivity index (χ2n) is 8.76. The summed E-state index contributed by atoms with van der Waals surface area (Å²) in [5.41, 5.74) is 1.16. The minimum absolute atomic E-state index is 0. The molecule has 9 heteroatoms. The first-order chi connectivity index (χ1) is 15.8. The molecule has 33 heavy (non-hydrogen) atoms. The summed E-state index contributed by atoms with van der Waals surface area (Å²) in [6, 6.07) is 4.14. The first kappa shape index (κ1) is 26.4. The van der Waals surface area contributed by atoms with Gasteiger partial charge in [0, 0.05) is 51.1 Å². The third-order valence-corrected chi connectivity index (χ3v) is 6.45. The molecule has 4 rings (SSSR count). The molecule has 0 amide bonds. The van der Waals surface area contributed by atoms with Crippen LogP contribution in [0.15, 0.2) is 23.3 Å². The maximum absolute atomic E-state index is 6.19. The Kier molecular flexibility index (Phi) is 11.4. The predicted molar refractivity (Wildman–Crippen MR) is 142 cm³/mol. The van der Waals surface area contributed by atoms with Gasteiger partial charge in [-0.25, -0.2) is 9.98 Å². The topological polar surface area (TPSA) is 71.5 Å². The molecular formula is C24H40IN5O3. The van der Waals surface area contributed by atoms with E-state index in [0.29, 0.717) is 18.8 Å². The molecular weight excluding hydrogens is 533 g/mol. The van der Waals surface area contributed by atoms with Crippen molar-refractivity contribution in [1.29, 1.82) is 0 Å². The maximum Gasteiger partial charge on any atom is 0.194 e. The first-order valence-corrected chi connectivity index (χ1v) is 12.4. The standard InChI is InChI=1S/C24H39N5O3.HI/c1-2-25-24(27-18-20-6-5-10-26-23(20)28-13-16-30-17-14-28)29-11-8-21(9-12-29)32-19-22-7-3-4-15-31-22;/h5-6,10,21-22H,2-4,7-9,11-19H2,1H3,(H,25,27);1H. The third kappa shape index (κ3) is 7.93. The van der Waals surface area contributed by atoms with Crippen LogP contribution < -0.4 is 10.2 Å². The molecule has 1 aromatic heterocycles. The summed E-state index contributed by atoms with van der Waals surface area (Å²) in [6.45, 7) is 10.4. The van der Waals surface area contributed by atoms with Gasteiger partial charge in [-0.1, -0.05) is 6.07 Å². The number of halogens is 1. The van der Waals surface area contributed by atoms with Crippen molar-refractivity contribution < 1.29 is 14.2 Å². The molecule has 3 aliphatic rings. The zero-order valence-electron chi connectivity index (χ0n) is 19.9. The normalized spacial score (nSPS) is 22.7. The van der Waals surface area contributed by atoms with Gasteiger partial charge in [-0.2, -0.15) is 0 Å². The lowest BCUT2D eigenvalue weighted by molar-refractivity contribution is -0.0721. The highest BCUT2D eigenvalue weighted by molar-refractivity contribution is 14.0. The van der Waals surface area contributed by atoms with Crippen LogP contribution in [0.5, 0.6) is 0 Å². The van der Waals surface area contributed by atoms with Gasteiger partial charge in [-0.3, -0.25) is 0 Å². The van der Waals surface area contributed by atoms with E-state index in [0.717, 1.165) is 95.8 Å². The van der Waals surface area contributed by atoms with Gasteiger partial charge in [0.2, 0.25) is 0 Å². The zero-order valence-corrected chi connectivity index (χ0v) is 22.2. The maximum atomic E-state index is 6.19. The Bertz CT molecular complexity index is 718. The Morgan fingerprint density at radius 1 is 1.15 bits per heavy atom. The Hall–Kier alpha value is -1.17. The molecule has 0 bridgehead atoms. The number of nitrogens with one attached hydrogen (secondary N) is 1. The fraction of sp³-hybridized carbons (Fsp3) is 0.750. The van der Waals surface area contributed by atoms with Gasteiger partial charge < -0.3 is 29.3 Å². The summed E-state index contributed by atoms with van der Waals surface area (Å²) in [4.78, 5) is 14.3. The number of nitrogens with zero attached hydrogens (tertiary/aromatic N) is 4. The van der Waals surface area contributed by atoms with Crippen LogP contribution in [0.25, 0.3) is 0 Å². The molecule has 0 aliphatic carbocycles. The third-order valence-electron chi connectivity index (χ3n) is 6.45. The molecule has 0 aromatic carbocycles. The lowest BCUT2D eigenvalue weighted by atomic mass is 10.1. The first-order valence-electron chi connectivity index (χ1n) is 12.4. The smallest absolute Gasteiger partial charge is 0.194 e. The summed E-state index contributed by atoms with van der Waals surface area (Å²) in [5.74, 6) is 2.02. The number of anilines is 1. The molecule has 3 saturated heterocycles. The highest BCUT2D eigenvalue weighted by atomic mass is 127. The molecule has 186 valence electrons. The van der Waals surface area contributed by atoms with E-state index in [1.165, 1.54) is 12.8 Å². The van der Waals surface area contributed by atoms with Gasteiger partial charge in [0.05, 0.1) is 38.6 Å². The van der Waals surface area contributed by atoms with Crippen LogP contribution in [-0.2, 0) is 20.8 Å². The predicted octanol–water partition coefficient (Wildman–Crippen LogP) is 3.05. The summed E-state index contributed by atoms with van der Waals surface area (Å²) >= 11 is 0. The molecule has 3 fully saturated rings. The van der Waals surface area contributed by atoms with E-state index in [1.807, 2.05) is 12.3 Å². The van der Waals surface area contributed by atoms with Crippen molar-refractivity contribution in [3.05, 3.63) is 23.9 Å². The molecule has 0 saturated carbocycles. The summed E-state index contributed by atoms with van der Waals surface area (Å²) < 4.78 is 17.5. The number of hydrogen-bond donors (Lipinski definition) is 1. The Morgan fingerprint density at radius 2 is 1.97 bits per heavy atom. The van der Waals surface area contributed by atoms with E-state index in [4.69, 9.17) is 19.2 Å². The van der Waals surface area contributed by atoms with E-state index in [1.54, 1.807) is 0 Å². The lowest BCUT2D eigenvalue weighted by Crippen LogP contribution is -2.47. The number of pyridine rings is 1. The number of piperidine rings is 1. The summed E-state index contributed by atoms with van der Waals surface area (Å²) in [6.07, 6.45) is 8.13. The van der Waals surface area contributed by atoms with Gasteiger partial charge in [0.1, 0.15) is 5.82 Å². The molecule has 3 aliphatic heterocycles. The van der Waals surface area contributed by atoms with Crippen LogP contribution in [-0.4, -0.2) is 87.2 Å². The number of hydrogen-bond acceptors (Lipinski definition) is 6. The van der Waals surface area contributed by atoms with Gasteiger partial charge in [-0.15, -0.1) is 24.0 Å². The van der Waals surface area contributed by atoms with Gasteiger partial charge >= 0.3 is 0 Å². The van der Waals surface area contributed by atoms with E-state index >= 15 is 0 Å². The largest absolute Gasteiger partial charge is 0.378 e. The molecule has 1 unspecified atom stereocenters. The molecule has 4 heterocycles. The van der Waals surface area contributed by atoms with Gasteiger partial charge in [0.25, 0.3) is 0 Å². The average molecular weight is 574 g/mol. The monoisotopic (exact) mass is 573 g/mol. The number of aliphatic imine (C=N–C) groups is 1. The highest BCUT2D eigenvalue weighted by Gasteiger charge is 2.24. The SMILES string of the molecule is CCNC(=NCc1cccnc1N1CCOCC1)N1CCC(OCC2CCCCO2)CC1.I. The van der Waals surface area contributed by atoms with E-state index < -0.39 is 0 Å². The van der Waals surface area contributed by atoms with Crippen molar-refractivity contribution in [1.82, 2.24) is 15.2 Å². The molecule has 1 atom stereocenters. The quantitative estimate of drug-likeness (QED) is 0.306. The van der Waals surface area contributed by atoms with Gasteiger partial charge in [0.15, 0.2) is 5.96 Å². The Labute approximate surface area is 215 Å². The van der Waals surface area contributed by atoms with Crippen molar-refractivity contribution in [2.45, 2.75) is 57.8 Å². The van der Waals surface area contributed by atoms with E-state index in [2.05, 4.69) is 33.1 Å². The van der Waals surface area contributed by atoms with Crippen LogP contribution in [0.3, 0.4) is 0 Å². The van der Waals surface area contributed by atoms with Crippen molar-refractivity contribution in [2.24, 2.45) is 4.99 Å². The Balaban J connectivity index is 0.00000306. The average Bonchev–Trinajstić information content (AvgIpc) is 2.87. The molecule has 0 spiro atoms. The van der Waals surface area contributed by atoms with Crippen LogP contribution in [0.2, 0.25) is 0 Å². The van der Waals surface area contributed by atoms with E-state index in [9.17, 15) is 0 Å². The lowest BCUT2D eigenvalue weighted by Gasteiger charge is -2.35. The molecule has 8 nitrogen and oxygen atoms in total. The van der Waals surface area contributed by atoms with E-state index in [-0.39, 0.29) is 24.0 Å². The van der Waals surface area contributed by atoms with Crippen molar-refractivity contribution in [3.63, 3.8) is 0 Å². The van der Waals surface area contributed by atoms with Crippen molar-refractivity contribution in [3.8, 4) is 0 Å².